The highest BCUT2D eigenvalue weighted by molar-refractivity contribution is 5.98. The molecule has 76 valence electrons. The van der Waals surface area contributed by atoms with E-state index in [4.69, 9.17) is 5.11 Å². The number of halogens is 1. The summed E-state index contributed by atoms with van der Waals surface area (Å²) >= 11 is 0. The van der Waals surface area contributed by atoms with Crippen molar-refractivity contribution in [3.05, 3.63) is 30.1 Å². The molecule has 1 rings (SSSR count). The maximum Gasteiger partial charge on any atom is 0.425 e. The summed E-state index contributed by atoms with van der Waals surface area (Å²) in [5.74, 6) is 0. The van der Waals surface area contributed by atoms with Crippen LogP contribution in [0.1, 0.15) is 12.5 Å². The van der Waals surface area contributed by atoms with Crippen LogP contribution in [0.15, 0.2) is 29.6 Å². The Balaban J connectivity index is 0.00000169. The van der Waals surface area contributed by atoms with Crippen molar-refractivity contribution >= 4 is 24.2 Å². The van der Waals surface area contributed by atoms with Crippen LogP contribution in [0, 0.1) is 0 Å². The molecule has 6 heteroatoms. The van der Waals surface area contributed by atoms with Gasteiger partial charge in [-0.15, -0.1) is 12.4 Å². The Kier molecular flexibility index (Phi) is 5.24. The minimum Gasteiger partial charge on any atom is -0.464 e. The highest BCUT2D eigenvalue weighted by Gasteiger charge is 1.96. The molecule has 0 saturated heterocycles. The maximum atomic E-state index is 10.1. The van der Waals surface area contributed by atoms with Crippen molar-refractivity contribution in [2.24, 2.45) is 5.10 Å². The molecule has 0 unspecified atom stereocenters. The third-order valence-electron chi connectivity index (χ3n) is 1.42. The van der Waals surface area contributed by atoms with Gasteiger partial charge in [0.05, 0.1) is 5.71 Å². The number of carboxylic acid groups (broad SMARTS) is 1. The Labute approximate surface area is 87.3 Å². The predicted octanol–water partition coefficient (Wildman–Crippen LogP) is 1.50. The lowest BCUT2D eigenvalue weighted by atomic mass is 10.2. The molecular formula is C8H10ClN3O2. The highest BCUT2D eigenvalue weighted by Crippen LogP contribution is 1.97. The number of carbonyl (C=O) groups is 1. The topological polar surface area (TPSA) is 74.6 Å². The van der Waals surface area contributed by atoms with Crippen molar-refractivity contribution < 1.29 is 9.90 Å². The first-order valence-corrected chi connectivity index (χ1v) is 3.64. The van der Waals surface area contributed by atoms with Gasteiger partial charge in [0.25, 0.3) is 0 Å². The maximum absolute atomic E-state index is 10.1. The quantitative estimate of drug-likeness (QED) is 0.580. The van der Waals surface area contributed by atoms with Gasteiger partial charge in [-0.2, -0.15) is 5.10 Å². The molecule has 0 spiro atoms. The molecule has 0 aliphatic heterocycles. The van der Waals surface area contributed by atoms with Gasteiger partial charge in [-0.05, 0) is 19.1 Å². The number of hydrogen-bond donors (Lipinski definition) is 2. The zero-order valence-electron chi connectivity index (χ0n) is 7.47. The van der Waals surface area contributed by atoms with Crippen LogP contribution in [0.25, 0.3) is 0 Å². The molecule has 0 aliphatic carbocycles. The molecule has 1 heterocycles. The van der Waals surface area contributed by atoms with E-state index in [-0.39, 0.29) is 12.4 Å². The first-order chi connectivity index (χ1) is 6.20. The number of hydrazone groups is 1. The lowest BCUT2D eigenvalue weighted by Gasteiger charge is -1.98. The number of aromatic nitrogens is 1. The van der Waals surface area contributed by atoms with Gasteiger partial charge >= 0.3 is 6.09 Å². The smallest absolute Gasteiger partial charge is 0.425 e. The van der Waals surface area contributed by atoms with Gasteiger partial charge in [-0.25, -0.2) is 10.2 Å². The fraction of sp³-hybridized carbons (Fsp3) is 0.125. The van der Waals surface area contributed by atoms with Gasteiger partial charge in [-0.3, -0.25) is 4.98 Å². The van der Waals surface area contributed by atoms with Crippen LogP contribution >= 0.6 is 12.4 Å². The Hall–Kier alpha value is -1.62. The van der Waals surface area contributed by atoms with Gasteiger partial charge in [0.1, 0.15) is 0 Å². The van der Waals surface area contributed by atoms with E-state index in [2.05, 4.69) is 10.1 Å². The summed E-state index contributed by atoms with van der Waals surface area (Å²) < 4.78 is 0. The molecule has 0 atom stereocenters. The Bertz CT molecular complexity index is 327. The average Bonchev–Trinajstić information content (AvgIpc) is 2.15. The summed E-state index contributed by atoms with van der Waals surface area (Å²) in [5.41, 5.74) is 3.37. The molecule has 0 fully saturated rings. The number of amides is 1. The summed E-state index contributed by atoms with van der Waals surface area (Å²) in [6.45, 7) is 1.71. The van der Waals surface area contributed by atoms with Crippen molar-refractivity contribution in [2.45, 2.75) is 6.92 Å². The molecule has 14 heavy (non-hydrogen) atoms. The molecule has 5 nitrogen and oxygen atoms in total. The lowest BCUT2D eigenvalue weighted by molar-refractivity contribution is 0.195. The standard InChI is InChI=1S/C8H9N3O2.ClH/c1-6(10-11-8(12)13)7-2-4-9-5-3-7;/h2-5,11H,1H3,(H,12,13);1H/b10-6-;. The number of rotatable bonds is 2. The van der Waals surface area contributed by atoms with Crippen LogP contribution in [-0.4, -0.2) is 21.9 Å². The van der Waals surface area contributed by atoms with E-state index in [1.165, 1.54) is 0 Å². The second-order valence-corrected chi connectivity index (χ2v) is 2.35. The minimum atomic E-state index is -1.17. The van der Waals surface area contributed by atoms with E-state index in [0.29, 0.717) is 5.71 Å². The fourth-order valence-electron chi connectivity index (χ4n) is 0.789. The van der Waals surface area contributed by atoms with E-state index >= 15 is 0 Å². The van der Waals surface area contributed by atoms with Crippen LogP contribution in [0.2, 0.25) is 0 Å². The summed E-state index contributed by atoms with van der Waals surface area (Å²) in [4.78, 5) is 13.9. The van der Waals surface area contributed by atoms with E-state index in [0.717, 1.165) is 5.56 Å². The van der Waals surface area contributed by atoms with Gasteiger partial charge in [0, 0.05) is 18.0 Å². The van der Waals surface area contributed by atoms with E-state index in [1.54, 1.807) is 31.5 Å². The summed E-state index contributed by atoms with van der Waals surface area (Å²) in [6.07, 6.45) is 2.07. The fourth-order valence-corrected chi connectivity index (χ4v) is 0.789. The molecule has 1 aromatic heterocycles. The molecule has 0 aliphatic rings. The van der Waals surface area contributed by atoms with Gasteiger partial charge < -0.3 is 5.11 Å². The summed E-state index contributed by atoms with van der Waals surface area (Å²) in [5, 5.41) is 11.9. The number of pyridine rings is 1. The Morgan fingerprint density at radius 3 is 2.57 bits per heavy atom. The first-order valence-electron chi connectivity index (χ1n) is 3.64. The van der Waals surface area contributed by atoms with Crippen molar-refractivity contribution in [3.8, 4) is 0 Å². The second-order valence-electron chi connectivity index (χ2n) is 2.35. The zero-order chi connectivity index (χ0) is 9.68. The number of hydrogen-bond acceptors (Lipinski definition) is 3. The molecule has 2 N–H and O–H groups in total. The highest BCUT2D eigenvalue weighted by atomic mass is 35.5. The van der Waals surface area contributed by atoms with E-state index in [1.807, 2.05) is 5.43 Å². The van der Waals surface area contributed by atoms with Crippen molar-refractivity contribution in [1.29, 1.82) is 0 Å². The van der Waals surface area contributed by atoms with Gasteiger partial charge in [0.2, 0.25) is 0 Å². The number of nitrogens with one attached hydrogen (secondary N) is 1. The van der Waals surface area contributed by atoms with Crippen molar-refractivity contribution in [3.63, 3.8) is 0 Å². The Morgan fingerprint density at radius 1 is 1.50 bits per heavy atom. The second kappa shape index (κ2) is 5.93. The molecule has 0 bridgehead atoms. The predicted molar refractivity (Wildman–Crippen MR) is 54.9 cm³/mol. The zero-order valence-corrected chi connectivity index (χ0v) is 8.28. The summed E-state index contributed by atoms with van der Waals surface area (Å²) in [7, 11) is 0. The van der Waals surface area contributed by atoms with Crippen LogP contribution in [0.5, 0.6) is 0 Å². The molecule has 0 radical (unpaired) electrons. The molecule has 1 aromatic rings. The monoisotopic (exact) mass is 215 g/mol. The SMILES string of the molecule is C/C(=N/NC(=O)O)c1ccncc1.Cl. The normalized spacial score (nSPS) is 10.2. The molecule has 0 aromatic carbocycles. The van der Waals surface area contributed by atoms with Crippen LogP contribution in [0.4, 0.5) is 4.79 Å². The molecule has 1 amide bonds. The van der Waals surface area contributed by atoms with E-state index < -0.39 is 6.09 Å². The van der Waals surface area contributed by atoms with Crippen LogP contribution in [-0.2, 0) is 0 Å². The third-order valence-corrected chi connectivity index (χ3v) is 1.42. The Morgan fingerprint density at radius 2 is 2.07 bits per heavy atom. The first kappa shape index (κ1) is 12.4. The summed E-state index contributed by atoms with van der Waals surface area (Å²) in [6, 6.07) is 3.50. The van der Waals surface area contributed by atoms with Crippen molar-refractivity contribution in [2.75, 3.05) is 0 Å². The van der Waals surface area contributed by atoms with Crippen LogP contribution < -0.4 is 5.43 Å². The van der Waals surface area contributed by atoms with E-state index in [9.17, 15) is 4.79 Å². The van der Waals surface area contributed by atoms with Gasteiger partial charge in [0.15, 0.2) is 0 Å². The number of nitrogens with zero attached hydrogens (tertiary/aromatic N) is 2. The van der Waals surface area contributed by atoms with Crippen molar-refractivity contribution in [1.82, 2.24) is 10.4 Å². The largest absolute Gasteiger partial charge is 0.464 e. The lowest BCUT2D eigenvalue weighted by Crippen LogP contribution is -2.16. The van der Waals surface area contributed by atoms with Crippen LogP contribution in [0.3, 0.4) is 0 Å². The minimum absolute atomic E-state index is 0. The molecular weight excluding hydrogens is 206 g/mol. The average molecular weight is 216 g/mol. The van der Waals surface area contributed by atoms with Gasteiger partial charge in [-0.1, -0.05) is 0 Å². The molecule has 0 saturated carbocycles. The third kappa shape index (κ3) is 3.86.